The van der Waals surface area contributed by atoms with Crippen molar-refractivity contribution in [3.8, 4) is 0 Å². The van der Waals surface area contributed by atoms with E-state index >= 15 is 0 Å². The van der Waals surface area contributed by atoms with Crippen LogP contribution in [0.4, 0.5) is 5.69 Å². The van der Waals surface area contributed by atoms with Crippen molar-refractivity contribution in [2.24, 2.45) is 0 Å². The van der Waals surface area contributed by atoms with E-state index in [1.807, 2.05) is 30.3 Å². The number of hydrogen-bond acceptors (Lipinski definition) is 2. The van der Waals surface area contributed by atoms with Gasteiger partial charge in [-0.15, -0.1) is 0 Å². The van der Waals surface area contributed by atoms with E-state index in [1.165, 1.54) is 15.6 Å². The third-order valence-electron chi connectivity index (χ3n) is 6.49. The van der Waals surface area contributed by atoms with E-state index in [2.05, 4.69) is 99.8 Å². The second-order valence-electron chi connectivity index (χ2n) is 9.63. The predicted octanol–water partition coefficient (Wildman–Crippen LogP) is 5.33. The monoisotopic (exact) mass is 455 g/mol. The van der Waals surface area contributed by atoms with Gasteiger partial charge in [-0.2, -0.15) is 0 Å². The van der Waals surface area contributed by atoms with E-state index in [-0.39, 0.29) is 17.0 Å². The summed E-state index contributed by atoms with van der Waals surface area (Å²) in [5, 5.41) is 6.98. The lowest BCUT2D eigenvalue weighted by molar-refractivity contribution is -0.117. The van der Waals surface area contributed by atoms with Crippen LogP contribution < -0.4 is 15.7 Å². The average molecular weight is 456 g/mol. The summed E-state index contributed by atoms with van der Waals surface area (Å²) in [6.45, 7) is 9.18. The predicted molar refractivity (Wildman–Crippen MR) is 140 cm³/mol. The highest BCUT2D eigenvalue weighted by Gasteiger charge is 2.59. The molecule has 170 valence electrons. The molecule has 1 saturated heterocycles. The number of rotatable bonds is 7. The largest absolute Gasteiger partial charge is 0.355 e. The molecule has 0 radical (unpaired) electrons. The first kappa shape index (κ1) is 23.2. The van der Waals surface area contributed by atoms with Gasteiger partial charge in [-0.1, -0.05) is 113 Å². The quantitative estimate of drug-likeness (QED) is 0.386. The maximum Gasteiger partial charge on any atom is 0.256 e. The van der Waals surface area contributed by atoms with Crippen LogP contribution in [-0.2, 0) is 9.53 Å². The highest BCUT2D eigenvalue weighted by atomic mass is 28.3. The lowest BCUT2D eigenvalue weighted by Gasteiger charge is -2.46. The molecular formula is C29H33NO2Si. The van der Waals surface area contributed by atoms with Crippen molar-refractivity contribution in [1.82, 2.24) is 0 Å². The number of anilines is 1. The molecule has 0 unspecified atom stereocenters. The van der Waals surface area contributed by atoms with E-state index in [0.29, 0.717) is 0 Å². The number of hydrogen-bond donors (Lipinski definition) is 1. The standard InChI is InChI=1S/C29H33NO2Si/c1-5-15-25(26-27(32-26)28(31)30-22-16-9-6-10-17-22)33(29(2,3)4,23-18-11-7-12-19-23)24-20-13-8-14-21-24/h6-21,26-27H,5H2,1-4H3,(H,30,31)/b25-15+/t26-,27+/m1/s1. The van der Waals surface area contributed by atoms with Gasteiger partial charge in [0.1, 0.15) is 6.10 Å². The van der Waals surface area contributed by atoms with Gasteiger partial charge in [0, 0.05) is 5.69 Å². The minimum Gasteiger partial charge on any atom is -0.355 e. The third kappa shape index (κ3) is 4.46. The molecule has 1 aliphatic heterocycles. The van der Waals surface area contributed by atoms with Gasteiger partial charge in [-0.05, 0) is 39.2 Å². The van der Waals surface area contributed by atoms with E-state index < -0.39 is 14.2 Å². The van der Waals surface area contributed by atoms with Crippen molar-refractivity contribution in [1.29, 1.82) is 0 Å². The summed E-state index contributed by atoms with van der Waals surface area (Å²) in [5.74, 6) is -0.0777. The smallest absolute Gasteiger partial charge is 0.256 e. The van der Waals surface area contributed by atoms with Crippen molar-refractivity contribution in [2.45, 2.75) is 51.4 Å². The molecule has 3 nitrogen and oxygen atoms in total. The van der Waals surface area contributed by atoms with Gasteiger partial charge in [0.2, 0.25) is 0 Å². The molecular weight excluding hydrogens is 422 g/mol. The molecule has 2 atom stereocenters. The number of epoxide rings is 1. The Kier molecular flexibility index (Phi) is 6.68. The number of ether oxygens (including phenoxy) is 1. The molecule has 3 aromatic carbocycles. The molecule has 0 saturated carbocycles. The third-order valence-corrected chi connectivity index (χ3v) is 12.5. The van der Waals surface area contributed by atoms with Crippen molar-refractivity contribution in [2.75, 3.05) is 5.32 Å². The molecule has 1 heterocycles. The molecule has 1 amide bonds. The molecule has 0 bridgehead atoms. The number of para-hydroxylation sites is 1. The van der Waals surface area contributed by atoms with Crippen LogP contribution in [0.3, 0.4) is 0 Å². The van der Waals surface area contributed by atoms with Crippen LogP contribution in [0.2, 0.25) is 5.04 Å². The molecule has 4 heteroatoms. The van der Waals surface area contributed by atoms with Gasteiger partial charge in [0.25, 0.3) is 5.91 Å². The lowest BCUT2D eigenvalue weighted by Crippen LogP contribution is -2.67. The number of allylic oxidation sites excluding steroid dienone is 1. The normalized spacial score (nSPS) is 18.6. The van der Waals surface area contributed by atoms with Gasteiger partial charge < -0.3 is 10.1 Å². The Bertz CT molecular complexity index is 1070. The van der Waals surface area contributed by atoms with Crippen LogP contribution >= 0.6 is 0 Å². The van der Waals surface area contributed by atoms with Crippen molar-refractivity contribution < 1.29 is 9.53 Å². The van der Waals surface area contributed by atoms with Crippen LogP contribution in [0.1, 0.15) is 34.1 Å². The van der Waals surface area contributed by atoms with Crippen molar-refractivity contribution in [3.63, 3.8) is 0 Å². The number of nitrogens with one attached hydrogen (secondary N) is 1. The maximum atomic E-state index is 13.1. The Labute approximate surface area is 198 Å². The summed E-state index contributed by atoms with van der Waals surface area (Å²) in [6.07, 6.45) is 2.55. The Morgan fingerprint density at radius 2 is 1.33 bits per heavy atom. The fourth-order valence-corrected chi connectivity index (χ4v) is 11.3. The molecule has 33 heavy (non-hydrogen) atoms. The molecule has 3 aromatic rings. The first-order valence-corrected chi connectivity index (χ1v) is 13.7. The molecule has 1 N–H and O–H groups in total. The SMILES string of the molecule is CC/C=C(\[C@H]1O[C@@H]1C(=O)Nc1ccccc1)[Si](c1ccccc1)(c1ccccc1)C(C)(C)C. The zero-order valence-corrected chi connectivity index (χ0v) is 20.9. The van der Waals surface area contributed by atoms with Crippen molar-refractivity contribution >= 4 is 30.0 Å². The average Bonchev–Trinajstić information content (AvgIpc) is 3.61. The van der Waals surface area contributed by atoms with E-state index in [1.54, 1.807) is 0 Å². The minimum atomic E-state index is -2.52. The minimum absolute atomic E-state index is 0.0386. The highest BCUT2D eigenvalue weighted by molar-refractivity contribution is 7.09. The van der Waals surface area contributed by atoms with Crippen LogP contribution in [0.25, 0.3) is 0 Å². The zero-order valence-electron chi connectivity index (χ0n) is 19.9. The highest BCUT2D eigenvalue weighted by Crippen LogP contribution is 2.46. The fraction of sp³-hybridized carbons (Fsp3) is 0.276. The Morgan fingerprint density at radius 3 is 1.79 bits per heavy atom. The Balaban J connectivity index is 1.80. The van der Waals surface area contributed by atoms with E-state index in [0.717, 1.165) is 12.1 Å². The summed E-state index contributed by atoms with van der Waals surface area (Å²) in [6, 6.07) is 31.3. The van der Waals surface area contributed by atoms with E-state index in [9.17, 15) is 4.79 Å². The summed E-state index contributed by atoms with van der Waals surface area (Å²) >= 11 is 0. The number of carbonyl (C=O) groups excluding carboxylic acids is 1. The zero-order chi connectivity index (χ0) is 23.5. The van der Waals surface area contributed by atoms with E-state index in [4.69, 9.17) is 4.74 Å². The topological polar surface area (TPSA) is 41.6 Å². The maximum absolute atomic E-state index is 13.1. The Morgan fingerprint density at radius 1 is 0.848 bits per heavy atom. The first-order valence-electron chi connectivity index (χ1n) is 11.7. The van der Waals surface area contributed by atoms with Gasteiger partial charge >= 0.3 is 0 Å². The summed E-state index contributed by atoms with van der Waals surface area (Å²) in [5.41, 5.74) is 0.795. The van der Waals surface area contributed by atoms with Gasteiger partial charge in [0.05, 0.1) is 0 Å². The number of carbonyl (C=O) groups is 1. The molecule has 4 rings (SSSR count). The fourth-order valence-electron chi connectivity index (χ4n) is 5.16. The van der Waals surface area contributed by atoms with Crippen LogP contribution in [0.5, 0.6) is 0 Å². The molecule has 1 fully saturated rings. The second kappa shape index (κ2) is 9.50. The Hall–Kier alpha value is -2.95. The van der Waals surface area contributed by atoms with Crippen LogP contribution in [0.15, 0.2) is 102 Å². The number of benzene rings is 3. The molecule has 0 spiro atoms. The second-order valence-corrected chi connectivity index (χ2v) is 14.4. The lowest BCUT2D eigenvalue weighted by atomic mass is 10.2. The van der Waals surface area contributed by atoms with Gasteiger partial charge in [-0.25, -0.2) is 0 Å². The van der Waals surface area contributed by atoms with Gasteiger partial charge in [-0.3, -0.25) is 4.79 Å². The molecule has 0 aliphatic carbocycles. The number of amides is 1. The summed E-state index contributed by atoms with van der Waals surface area (Å²) in [4.78, 5) is 13.1. The molecule has 0 aromatic heterocycles. The van der Waals surface area contributed by atoms with Crippen LogP contribution in [-0.4, -0.2) is 26.2 Å². The van der Waals surface area contributed by atoms with Crippen molar-refractivity contribution in [3.05, 3.63) is 102 Å². The van der Waals surface area contributed by atoms with Crippen LogP contribution in [0, 0.1) is 0 Å². The van der Waals surface area contributed by atoms with Gasteiger partial charge in [0.15, 0.2) is 14.2 Å². The summed E-state index contributed by atoms with van der Waals surface area (Å²) in [7, 11) is -2.52. The summed E-state index contributed by atoms with van der Waals surface area (Å²) < 4.78 is 6.16. The first-order chi connectivity index (χ1) is 15.9. The molecule has 1 aliphatic rings.